The number of β-amino-alcohol motifs (C(OH)–C–C–N with tert-alkyl or cyclic N) is 1. The summed E-state index contributed by atoms with van der Waals surface area (Å²) in [6.45, 7) is 10.8. The van der Waals surface area contributed by atoms with E-state index in [0.29, 0.717) is 32.6 Å². The topological polar surface area (TPSA) is 172 Å². The molecule has 59 heavy (non-hydrogen) atoms. The van der Waals surface area contributed by atoms with Gasteiger partial charge in [-0.15, -0.1) is 11.3 Å². The average molecular weight is 825 g/mol. The van der Waals surface area contributed by atoms with Crippen molar-refractivity contribution in [3.63, 3.8) is 0 Å². The molecule has 4 N–H and O–H groups in total. The first-order valence-electron chi connectivity index (χ1n) is 20.3. The fourth-order valence-electron chi connectivity index (χ4n) is 7.58. The molecule has 13 nitrogen and oxygen atoms in total. The number of amides is 4. The molecule has 0 radical (unpaired) electrons. The number of benzene rings is 2. The molecule has 0 saturated carbocycles. The predicted molar refractivity (Wildman–Crippen MR) is 226 cm³/mol. The number of nitrogens with one attached hydrogen (secondary N) is 3. The van der Waals surface area contributed by atoms with Gasteiger partial charge in [0.1, 0.15) is 12.1 Å². The normalized spacial score (nSPS) is 16.9. The Morgan fingerprint density at radius 1 is 0.932 bits per heavy atom. The number of thiazole rings is 1. The average Bonchev–Trinajstić information content (AvgIpc) is 3.93. The molecule has 1 aliphatic heterocycles. The molecule has 0 bridgehead atoms. The summed E-state index contributed by atoms with van der Waals surface area (Å²) in [5.74, 6) is -1.19. The number of aryl methyl sites for hydroxylation is 2. The Hall–Kier alpha value is -5.02. The van der Waals surface area contributed by atoms with E-state index < -0.39 is 29.5 Å². The van der Waals surface area contributed by atoms with Gasteiger partial charge in [-0.2, -0.15) is 0 Å². The van der Waals surface area contributed by atoms with Crippen molar-refractivity contribution in [2.24, 2.45) is 5.41 Å². The number of aliphatic hydroxyl groups excluding tert-OH is 1. The van der Waals surface area contributed by atoms with Crippen LogP contribution < -0.4 is 16.0 Å². The Balaban J connectivity index is 0.866. The van der Waals surface area contributed by atoms with E-state index in [-0.39, 0.29) is 56.4 Å². The Labute approximate surface area is 350 Å². The van der Waals surface area contributed by atoms with Gasteiger partial charge in [0.05, 0.1) is 54.7 Å². The lowest BCUT2D eigenvalue weighted by Gasteiger charge is -2.35. The highest BCUT2D eigenvalue weighted by molar-refractivity contribution is 7.13. The number of carbonyl (C=O) groups is 4. The van der Waals surface area contributed by atoms with E-state index in [9.17, 15) is 24.3 Å². The number of nitrogens with zero attached hydrogens (tertiary/aromatic N) is 3. The van der Waals surface area contributed by atoms with Crippen molar-refractivity contribution in [3.05, 3.63) is 94.4 Å². The zero-order valence-electron chi connectivity index (χ0n) is 34.6. The predicted octanol–water partition coefficient (Wildman–Crippen LogP) is 4.93. The number of carbonyl (C=O) groups excluding carboxylic acids is 4. The number of likely N-dealkylation sites (tertiary alicyclic amines) is 1. The molecule has 2 aliphatic rings. The fraction of sp³-hybridized carbons (Fsp3) is 0.467. The smallest absolute Gasteiger partial charge is 0.246 e. The number of aliphatic hydroxyl groups is 1. The molecule has 1 aliphatic carbocycles. The third-order valence-electron chi connectivity index (χ3n) is 10.9. The molecule has 0 spiro atoms. The monoisotopic (exact) mass is 824 g/mol. The van der Waals surface area contributed by atoms with Gasteiger partial charge in [0, 0.05) is 50.3 Å². The van der Waals surface area contributed by atoms with E-state index in [1.165, 1.54) is 27.2 Å². The fourth-order valence-corrected chi connectivity index (χ4v) is 8.39. The summed E-state index contributed by atoms with van der Waals surface area (Å²) in [6.07, 6.45) is 4.93. The molecule has 1 fully saturated rings. The van der Waals surface area contributed by atoms with E-state index in [1.54, 1.807) is 11.3 Å². The van der Waals surface area contributed by atoms with Crippen molar-refractivity contribution in [1.82, 2.24) is 30.8 Å². The highest BCUT2D eigenvalue weighted by Crippen LogP contribution is 2.36. The molecule has 14 heteroatoms. The first kappa shape index (κ1) is 43.6. The molecule has 3 heterocycles. The van der Waals surface area contributed by atoms with E-state index >= 15 is 0 Å². The van der Waals surface area contributed by atoms with Crippen molar-refractivity contribution in [1.29, 1.82) is 0 Å². The number of hydrogen-bond acceptors (Lipinski definition) is 10. The van der Waals surface area contributed by atoms with Gasteiger partial charge in [0.2, 0.25) is 23.6 Å². The zero-order valence-corrected chi connectivity index (χ0v) is 35.4. The SMILES string of the molecule is Cc1ncsc1-c1ccc([C@H](C)NC(=O)[C@@H]2C[C@@H](O)CN2C(=O)[C@@H](NC(=O)CCOCCOCCNC(=O)CCc2ccc3c(c2)Cc2ccncc2-3)C(C)(C)C)cc1. The summed E-state index contributed by atoms with van der Waals surface area (Å²) in [5.41, 5.74) is 10.2. The molecule has 4 atom stereocenters. The van der Waals surface area contributed by atoms with Gasteiger partial charge in [0.25, 0.3) is 0 Å². The summed E-state index contributed by atoms with van der Waals surface area (Å²) in [4.78, 5) is 64.1. The molecule has 6 rings (SSSR count). The summed E-state index contributed by atoms with van der Waals surface area (Å²) < 4.78 is 11.2. The van der Waals surface area contributed by atoms with Gasteiger partial charge in [-0.05, 0) is 71.6 Å². The Bertz CT molecular complexity index is 2100. The van der Waals surface area contributed by atoms with Crippen LogP contribution in [0, 0.1) is 12.3 Å². The number of hydrogen-bond donors (Lipinski definition) is 4. The van der Waals surface area contributed by atoms with Crippen LogP contribution in [-0.4, -0.2) is 101 Å². The standard InChI is InChI=1S/C45H56N6O7S/c1-28(31-8-10-32(11-9-31)41-29(2)48-27-59-41)49-43(55)38-24-35(52)26-51(38)44(56)42(45(3,4)5)50-40(54)15-18-57-20-21-58-19-17-47-39(53)13-7-30-6-12-36-34(22-30)23-33-14-16-46-25-37(33)36/h6,8-12,14,16,22,25,27-28,35,38,42,52H,7,13,15,17-21,23-24,26H2,1-5H3,(H,47,53)(H,49,55)(H,50,54)/t28-,35+,38-,42+/m0/s1. The number of rotatable bonds is 18. The highest BCUT2D eigenvalue weighted by atomic mass is 32.1. The minimum absolute atomic E-state index is 0.00697. The maximum absolute atomic E-state index is 14.0. The second-order valence-electron chi connectivity index (χ2n) is 16.4. The molecule has 4 amide bonds. The van der Waals surface area contributed by atoms with Crippen LogP contribution in [0.5, 0.6) is 0 Å². The van der Waals surface area contributed by atoms with Gasteiger partial charge in [-0.25, -0.2) is 4.98 Å². The molecule has 0 unspecified atom stereocenters. The van der Waals surface area contributed by atoms with Crippen LogP contribution in [0.4, 0.5) is 0 Å². The minimum Gasteiger partial charge on any atom is -0.391 e. The lowest BCUT2D eigenvalue weighted by atomic mass is 9.85. The summed E-state index contributed by atoms with van der Waals surface area (Å²) >= 11 is 1.58. The van der Waals surface area contributed by atoms with Crippen molar-refractivity contribution < 1.29 is 33.8 Å². The Morgan fingerprint density at radius 3 is 2.42 bits per heavy atom. The molecule has 314 valence electrons. The third-order valence-corrected chi connectivity index (χ3v) is 11.8. The van der Waals surface area contributed by atoms with Gasteiger partial charge >= 0.3 is 0 Å². The number of ether oxygens (including phenoxy) is 2. The van der Waals surface area contributed by atoms with Crippen LogP contribution in [0.25, 0.3) is 21.6 Å². The number of pyridine rings is 1. The Kier molecular flexibility index (Phi) is 14.6. The van der Waals surface area contributed by atoms with E-state index in [2.05, 4.69) is 50.2 Å². The third kappa shape index (κ3) is 11.4. The van der Waals surface area contributed by atoms with E-state index in [4.69, 9.17) is 9.47 Å². The van der Waals surface area contributed by atoms with Crippen LogP contribution in [-0.2, 0) is 41.5 Å². The van der Waals surface area contributed by atoms with Gasteiger partial charge in [-0.3, -0.25) is 24.2 Å². The quantitative estimate of drug-likeness (QED) is 0.0895. The van der Waals surface area contributed by atoms with E-state index in [1.807, 2.05) is 76.8 Å². The number of aromatic nitrogens is 2. The second kappa shape index (κ2) is 19.8. The van der Waals surface area contributed by atoms with Crippen LogP contribution in [0.1, 0.15) is 80.9 Å². The van der Waals surface area contributed by atoms with Crippen LogP contribution in [0.3, 0.4) is 0 Å². The molecule has 2 aromatic carbocycles. The lowest BCUT2D eigenvalue weighted by molar-refractivity contribution is -0.144. The largest absolute Gasteiger partial charge is 0.391 e. The Morgan fingerprint density at radius 2 is 1.69 bits per heavy atom. The summed E-state index contributed by atoms with van der Waals surface area (Å²) in [7, 11) is 0. The van der Waals surface area contributed by atoms with Gasteiger partial charge < -0.3 is 35.4 Å². The zero-order chi connectivity index (χ0) is 42.1. The molecule has 2 aromatic heterocycles. The maximum atomic E-state index is 14.0. The summed E-state index contributed by atoms with van der Waals surface area (Å²) in [6, 6.07) is 14.2. The van der Waals surface area contributed by atoms with Crippen molar-refractivity contribution in [2.45, 2.75) is 91.0 Å². The number of fused-ring (bicyclic) bond motifs is 3. The first-order chi connectivity index (χ1) is 28.3. The van der Waals surface area contributed by atoms with Crippen LogP contribution in [0.15, 0.2) is 66.4 Å². The van der Waals surface area contributed by atoms with Crippen LogP contribution >= 0.6 is 11.3 Å². The molecule has 4 aromatic rings. The van der Waals surface area contributed by atoms with Crippen molar-refractivity contribution >= 4 is 35.0 Å². The lowest BCUT2D eigenvalue weighted by Crippen LogP contribution is -2.58. The first-order valence-corrected chi connectivity index (χ1v) is 21.2. The maximum Gasteiger partial charge on any atom is 0.246 e. The second-order valence-corrected chi connectivity index (χ2v) is 17.3. The van der Waals surface area contributed by atoms with Crippen molar-refractivity contribution in [2.75, 3.05) is 39.5 Å². The molecule has 1 saturated heterocycles. The highest BCUT2D eigenvalue weighted by Gasteiger charge is 2.44. The molecular formula is C45H56N6O7S. The van der Waals surface area contributed by atoms with Gasteiger partial charge in [0.15, 0.2) is 0 Å². The van der Waals surface area contributed by atoms with Gasteiger partial charge in [-0.1, -0.05) is 63.2 Å². The minimum atomic E-state index is -0.932. The van der Waals surface area contributed by atoms with Crippen LogP contribution in [0.2, 0.25) is 0 Å². The molecular weight excluding hydrogens is 769 g/mol. The summed E-state index contributed by atoms with van der Waals surface area (Å²) in [5, 5.41) is 19.4. The van der Waals surface area contributed by atoms with Crippen molar-refractivity contribution in [3.8, 4) is 21.6 Å². The van der Waals surface area contributed by atoms with E-state index in [0.717, 1.165) is 33.7 Å².